The van der Waals surface area contributed by atoms with Crippen molar-refractivity contribution in [2.24, 2.45) is 5.92 Å². The van der Waals surface area contributed by atoms with E-state index >= 15 is 0 Å². The monoisotopic (exact) mass is 264 g/mol. The lowest BCUT2D eigenvalue weighted by Crippen LogP contribution is -2.30. The second kappa shape index (κ2) is 6.87. The molecule has 0 saturated heterocycles. The Bertz CT molecular complexity index is 454. The van der Waals surface area contributed by atoms with Crippen LogP contribution in [0.4, 0.5) is 0 Å². The summed E-state index contributed by atoms with van der Waals surface area (Å²) in [5, 5.41) is 3.52. The summed E-state index contributed by atoms with van der Waals surface area (Å²) < 4.78 is 5.57. The fourth-order valence-electron chi connectivity index (χ4n) is 2.54. The van der Waals surface area contributed by atoms with E-state index < -0.39 is 0 Å². The summed E-state index contributed by atoms with van der Waals surface area (Å²) in [6, 6.07) is 3.93. The molecular weight excluding hydrogens is 240 g/mol. The second-order valence-corrected chi connectivity index (χ2v) is 5.62. The molecule has 0 radical (unpaired) electrons. The van der Waals surface area contributed by atoms with Crippen molar-refractivity contribution in [3.63, 3.8) is 0 Å². The van der Waals surface area contributed by atoms with Gasteiger partial charge in [0.15, 0.2) is 0 Å². The molecule has 19 heavy (non-hydrogen) atoms. The maximum Gasteiger partial charge on any atom is 0.248 e. The Balaban J connectivity index is 1.84. The van der Waals surface area contributed by atoms with Crippen LogP contribution in [0.15, 0.2) is 16.9 Å². The molecule has 2 N–H and O–H groups in total. The number of aryl methyl sites for hydroxylation is 1. The molecular formula is C15H24N2O2. The van der Waals surface area contributed by atoms with Crippen molar-refractivity contribution in [2.75, 3.05) is 19.8 Å². The third kappa shape index (κ3) is 4.18. The van der Waals surface area contributed by atoms with Gasteiger partial charge < -0.3 is 15.0 Å². The standard InChI is InChI=1S/C15H24N2O2/c1-11(2)10-19-9-8-16-13-4-3-5-14-12(13)6-7-15(18)17-14/h6-7,11,13,16H,3-5,8-10H2,1-2H3,(H,17,18). The molecule has 1 heterocycles. The summed E-state index contributed by atoms with van der Waals surface area (Å²) in [6.07, 6.45) is 3.23. The molecule has 1 aromatic heterocycles. The normalized spacial score (nSPS) is 18.6. The van der Waals surface area contributed by atoms with E-state index in [1.807, 2.05) is 6.07 Å². The fourth-order valence-corrected chi connectivity index (χ4v) is 2.54. The van der Waals surface area contributed by atoms with Gasteiger partial charge in [0.25, 0.3) is 0 Å². The Morgan fingerprint density at radius 3 is 3.11 bits per heavy atom. The van der Waals surface area contributed by atoms with Gasteiger partial charge in [-0.1, -0.05) is 19.9 Å². The third-order valence-corrected chi connectivity index (χ3v) is 3.42. The zero-order valence-electron chi connectivity index (χ0n) is 11.9. The van der Waals surface area contributed by atoms with Gasteiger partial charge in [0.2, 0.25) is 5.56 Å². The first kappa shape index (κ1) is 14.3. The van der Waals surface area contributed by atoms with Crippen molar-refractivity contribution in [3.8, 4) is 0 Å². The van der Waals surface area contributed by atoms with Gasteiger partial charge in [-0.25, -0.2) is 0 Å². The van der Waals surface area contributed by atoms with Crippen LogP contribution < -0.4 is 10.9 Å². The van der Waals surface area contributed by atoms with E-state index in [4.69, 9.17) is 4.74 Å². The van der Waals surface area contributed by atoms with Gasteiger partial charge in [0.1, 0.15) is 0 Å². The number of hydrogen-bond acceptors (Lipinski definition) is 3. The van der Waals surface area contributed by atoms with E-state index in [2.05, 4.69) is 24.1 Å². The minimum Gasteiger partial charge on any atom is -0.380 e. The Morgan fingerprint density at radius 2 is 2.32 bits per heavy atom. The van der Waals surface area contributed by atoms with Crippen molar-refractivity contribution in [2.45, 2.75) is 39.2 Å². The molecule has 0 bridgehead atoms. The average molecular weight is 264 g/mol. The number of aromatic amines is 1. The van der Waals surface area contributed by atoms with Gasteiger partial charge in [-0.3, -0.25) is 4.79 Å². The highest BCUT2D eigenvalue weighted by molar-refractivity contribution is 5.26. The first-order valence-corrected chi connectivity index (χ1v) is 7.20. The number of H-pyrrole nitrogens is 1. The topological polar surface area (TPSA) is 54.1 Å². The average Bonchev–Trinajstić information content (AvgIpc) is 2.37. The van der Waals surface area contributed by atoms with Gasteiger partial charge >= 0.3 is 0 Å². The number of rotatable bonds is 6. The van der Waals surface area contributed by atoms with Crippen molar-refractivity contribution >= 4 is 0 Å². The van der Waals surface area contributed by atoms with Crippen LogP contribution in [0, 0.1) is 5.92 Å². The number of nitrogens with one attached hydrogen (secondary N) is 2. The van der Waals surface area contributed by atoms with E-state index in [0.717, 1.165) is 44.7 Å². The lowest BCUT2D eigenvalue weighted by molar-refractivity contribution is 0.109. The molecule has 2 rings (SSSR count). The van der Waals surface area contributed by atoms with E-state index in [9.17, 15) is 4.79 Å². The van der Waals surface area contributed by atoms with Crippen LogP contribution in [0.25, 0.3) is 0 Å². The molecule has 0 aliphatic heterocycles. The second-order valence-electron chi connectivity index (χ2n) is 5.62. The van der Waals surface area contributed by atoms with Gasteiger partial charge in [0.05, 0.1) is 6.61 Å². The van der Waals surface area contributed by atoms with Crippen LogP contribution in [0.1, 0.15) is 44.0 Å². The Morgan fingerprint density at radius 1 is 1.47 bits per heavy atom. The van der Waals surface area contributed by atoms with E-state index in [1.54, 1.807) is 6.07 Å². The highest BCUT2D eigenvalue weighted by atomic mass is 16.5. The predicted molar refractivity (Wildman–Crippen MR) is 76.4 cm³/mol. The molecule has 106 valence electrons. The summed E-state index contributed by atoms with van der Waals surface area (Å²) in [4.78, 5) is 14.3. The van der Waals surface area contributed by atoms with E-state index in [1.165, 1.54) is 5.56 Å². The highest BCUT2D eigenvalue weighted by Crippen LogP contribution is 2.27. The molecule has 0 spiro atoms. The Kier molecular flexibility index (Phi) is 5.16. The van der Waals surface area contributed by atoms with Crippen molar-refractivity contribution < 1.29 is 4.74 Å². The summed E-state index contributed by atoms with van der Waals surface area (Å²) in [5.41, 5.74) is 2.34. The lowest BCUT2D eigenvalue weighted by atomic mass is 9.91. The quantitative estimate of drug-likeness (QED) is 0.773. The minimum absolute atomic E-state index is 0.000309. The molecule has 4 nitrogen and oxygen atoms in total. The molecule has 1 atom stereocenters. The number of aromatic nitrogens is 1. The highest BCUT2D eigenvalue weighted by Gasteiger charge is 2.19. The Hall–Kier alpha value is -1.13. The summed E-state index contributed by atoms with van der Waals surface area (Å²) in [5.74, 6) is 0.584. The van der Waals surface area contributed by atoms with Crippen LogP contribution in [-0.2, 0) is 11.2 Å². The molecule has 0 amide bonds. The number of hydrogen-bond donors (Lipinski definition) is 2. The Labute approximate surface area is 114 Å². The summed E-state index contributed by atoms with van der Waals surface area (Å²) in [6.45, 7) is 6.72. The zero-order valence-corrected chi connectivity index (χ0v) is 11.9. The van der Waals surface area contributed by atoms with Crippen molar-refractivity contribution in [1.29, 1.82) is 0 Å². The summed E-state index contributed by atoms with van der Waals surface area (Å²) >= 11 is 0. The van der Waals surface area contributed by atoms with Gasteiger partial charge in [-0.2, -0.15) is 0 Å². The van der Waals surface area contributed by atoms with Crippen LogP contribution in [0.5, 0.6) is 0 Å². The molecule has 1 aromatic rings. The molecule has 1 aliphatic carbocycles. The first-order valence-electron chi connectivity index (χ1n) is 7.20. The molecule has 0 aromatic carbocycles. The van der Waals surface area contributed by atoms with Gasteiger partial charge in [-0.05, 0) is 30.7 Å². The number of fused-ring (bicyclic) bond motifs is 1. The van der Waals surface area contributed by atoms with Crippen molar-refractivity contribution in [1.82, 2.24) is 10.3 Å². The van der Waals surface area contributed by atoms with Gasteiger partial charge in [0, 0.05) is 31.0 Å². The molecule has 1 aliphatic rings. The lowest BCUT2D eigenvalue weighted by Gasteiger charge is -2.26. The largest absolute Gasteiger partial charge is 0.380 e. The first-order chi connectivity index (χ1) is 9.16. The van der Waals surface area contributed by atoms with Crippen LogP contribution in [0.2, 0.25) is 0 Å². The predicted octanol–water partition coefficient (Wildman–Crippen LogP) is 2.01. The molecule has 0 fully saturated rings. The van der Waals surface area contributed by atoms with Gasteiger partial charge in [-0.15, -0.1) is 0 Å². The van der Waals surface area contributed by atoms with Crippen LogP contribution in [0.3, 0.4) is 0 Å². The maximum absolute atomic E-state index is 11.3. The molecule has 0 saturated carbocycles. The number of pyridine rings is 1. The maximum atomic E-state index is 11.3. The smallest absolute Gasteiger partial charge is 0.248 e. The SMILES string of the molecule is CC(C)COCCNC1CCCc2[nH]c(=O)ccc21. The summed E-state index contributed by atoms with van der Waals surface area (Å²) in [7, 11) is 0. The molecule has 1 unspecified atom stereocenters. The zero-order chi connectivity index (χ0) is 13.7. The van der Waals surface area contributed by atoms with E-state index in [0.29, 0.717) is 12.0 Å². The van der Waals surface area contributed by atoms with Crippen LogP contribution in [-0.4, -0.2) is 24.7 Å². The van der Waals surface area contributed by atoms with Crippen LogP contribution >= 0.6 is 0 Å². The molecule has 4 heteroatoms. The number of ether oxygens (including phenoxy) is 1. The fraction of sp³-hybridized carbons (Fsp3) is 0.667. The minimum atomic E-state index is -0.000309. The van der Waals surface area contributed by atoms with E-state index in [-0.39, 0.29) is 5.56 Å². The third-order valence-electron chi connectivity index (χ3n) is 3.42. The van der Waals surface area contributed by atoms with Crippen molar-refractivity contribution in [3.05, 3.63) is 33.7 Å².